The summed E-state index contributed by atoms with van der Waals surface area (Å²) < 4.78 is 4.55. The Morgan fingerprint density at radius 2 is 2.06 bits per heavy atom. The van der Waals surface area contributed by atoms with Crippen LogP contribution in [0, 0.1) is 5.92 Å². The van der Waals surface area contributed by atoms with Gasteiger partial charge in [-0.3, -0.25) is 9.79 Å². The van der Waals surface area contributed by atoms with Crippen LogP contribution in [0.5, 0.6) is 0 Å². The van der Waals surface area contributed by atoms with Gasteiger partial charge in [-0.15, -0.1) is 0 Å². The Hall–Kier alpha value is -1.65. The molecule has 0 radical (unpaired) electrons. The molecular formula is C13H20N2O3. The molecule has 0 spiro atoms. The number of allylic oxidation sites excluding steroid dienone is 1. The molecule has 0 aliphatic heterocycles. The second kappa shape index (κ2) is 6.33. The van der Waals surface area contributed by atoms with Crippen molar-refractivity contribution in [1.82, 2.24) is 5.32 Å². The summed E-state index contributed by atoms with van der Waals surface area (Å²) >= 11 is 0. The number of ether oxygens (including phenoxy) is 1. The van der Waals surface area contributed by atoms with Crippen LogP contribution >= 0.6 is 0 Å². The minimum Gasteiger partial charge on any atom is -0.467 e. The van der Waals surface area contributed by atoms with Crippen molar-refractivity contribution in [3.8, 4) is 0 Å². The van der Waals surface area contributed by atoms with E-state index in [2.05, 4.69) is 15.0 Å². The summed E-state index contributed by atoms with van der Waals surface area (Å²) in [5.41, 5.74) is 1.51. The summed E-state index contributed by atoms with van der Waals surface area (Å²) in [6.07, 6.45) is 4.06. The van der Waals surface area contributed by atoms with Gasteiger partial charge in [-0.25, -0.2) is 4.79 Å². The lowest BCUT2D eigenvalue weighted by Crippen LogP contribution is -2.39. The number of carbonyl (C=O) groups is 2. The van der Waals surface area contributed by atoms with E-state index in [1.165, 1.54) is 7.11 Å². The highest BCUT2D eigenvalue weighted by atomic mass is 16.5. The van der Waals surface area contributed by atoms with Gasteiger partial charge in [0.2, 0.25) is 5.91 Å². The minimum atomic E-state index is -0.645. The van der Waals surface area contributed by atoms with Crippen LogP contribution < -0.4 is 5.32 Å². The lowest BCUT2D eigenvalue weighted by Gasteiger charge is -2.11. The Kier molecular flexibility index (Phi) is 5.07. The van der Waals surface area contributed by atoms with Gasteiger partial charge in [0.25, 0.3) is 0 Å². The molecule has 18 heavy (non-hydrogen) atoms. The molecule has 0 aromatic heterocycles. The fraction of sp³-hybridized carbons (Fsp3) is 0.615. The molecule has 1 atom stereocenters. The highest BCUT2D eigenvalue weighted by Crippen LogP contribution is 2.31. The van der Waals surface area contributed by atoms with Crippen molar-refractivity contribution in [2.45, 2.75) is 32.7 Å². The Morgan fingerprint density at radius 3 is 2.50 bits per heavy atom. The predicted molar refractivity (Wildman–Crippen MR) is 69.5 cm³/mol. The van der Waals surface area contributed by atoms with Crippen LogP contribution in [0.4, 0.5) is 0 Å². The number of nitrogens with zero attached hydrogens (tertiary/aromatic N) is 1. The van der Waals surface area contributed by atoms with Gasteiger partial charge in [-0.05, 0) is 32.8 Å². The molecule has 100 valence electrons. The number of aliphatic imine (C=N–C) groups is 1. The molecule has 0 heterocycles. The van der Waals surface area contributed by atoms with E-state index < -0.39 is 12.0 Å². The van der Waals surface area contributed by atoms with Gasteiger partial charge in [-0.2, -0.15) is 0 Å². The summed E-state index contributed by atoms with van der Waals surface area (Å²) in [6, 6.07) is -0.645. The number of rotatable bonds is 5. The lowest BCUT2D eigenvalue weighted by atomic mass is 10.1. The smallest absolute Gasteiger partial charge is 0.328 e. The third-order valence-electron chi connectivity index (χ3n) is 2.88. The summed E-state index contributed by atoms with van der Waals surface area (Å²) in [5, 5.41) is 2.58. The van der Waals surface area contributed by atoms with E-state index in [9.17, 15) is 9.59 Å². The molecule has 5 nitrogen and oxygen atoms in total. The quantitative estimate of drug-likeness (QED) is 0.452. The molecule has 1 aliphatic carbocycles. The normalized spacial score (nSPS) is 18.2. The fourth-order valence-electron chi connectivity index (χ4n) is 1.58. The van der Waals surface area contributed by atoms with Crippen LogP contribution in [0.2, 0.25) is 0 Å². The molecule has 1 unspecified atom stereocenters. The van der Waals surface area contributed by atoms with Gasteiger partial charge >= 0.3 is 5.97 Å². The molecule has 1 fully saturated rings. The molecular weight excluding hydrogens is 232 g/mol. The van der Waals surface area contributed by atoms with Crippen LogP contribution in [-0.4, -0.2) is 37.8 Å². The first-order chi connectivity index (χ1) is 8.49. The maximum absolute atomic E-state index is 11.8. The maximum atomic E-state index is 11.8. The molecule has 5 heteroatoms. The zero-order valence-electron chi connectivity index (χ0n) is 11.3. The summed E-state index contributed by atoms with van der Waals surface area (Å²) in [6.45, 7) is 3.31. The monoisotopic (exact) mass is 252 g/mol. The van der Waals surface area contributed by atoms with Gasteiger partial charge in [0.15, 0.2) is 0 Å². The molecule has 1 N–H and O–H groups in total. The van der Waals surface area contributed by atoms with Crippen molar-refractivity contribution in [2.24, 2.45) is 10.9 Å². The van der Waals surface area contributed by atoms with Crippen LogP contribution in [0.1, 0.15) is 26.7 Å². The van der Waals surface area contributed by atoms with Crippen molar-refractivity contribution in [1.29, 1.82) is 0 Å². The lowest BCUT2D eigenvalue weighted by molar-refractivity contribution is -0.144. The van der Waals surface area contributed by atoms with Crippen molar-refractivity contribution in [2.75, 3.05) is 14.2 Å². The maximum Gasteiger partial charge on any atom is 0.328 e. The third-order valence-corrected chi connectivity index (χ3v) is 2.88. The topological polar surface area (TPSA) is 67.8 Å². The molecule has 1 aliphatic rings. The SMILES string of the molecule is CN=C(/C=C(\C)C(=O)NC(C)C(=O)OC)C1CC1. The molecule has 1 saturated carbocycles. The number of hydrogen-bond acceptors (Lipinski definition) is 4. The van der Waals surface area contributed by atoms with Crippen molar-refractivity contribution in [3.05, 3.63) is 11.6 Å². The molecule has 1 rings (SSSR count). The summed E-state index contributed by atoms with van der Waals surface area (Å²) in [4.78, 5) is 27.2. The van der Waals surface area contributed by atoms with Crippen LogP contribution in [0.15, 0.2) is 16.6 Å². The van der Waals surface area contributed by atoms with Gasteiger partial charge in [0.05, 0.1) is 7.11 Å². The van der Waals surface area contributed by atoms with E-state index in [-0.39, 0.29) is 5.91 Å². The Morgan fingerprint density at radius 1 is 1.44 bits per heavy atom. The average Bonchev–Trinajstić information content (AvgIpc) is 3.18. The fourth-order valence-corrected chi connectivity index (χ4v) is 1.58. The predicted octanol–water partition coefficient (Wildman–Crippen LogP) is 1.09. The zero-order chi connectivity index (χ0) is 13.7. The number of hydrogen-bond donors (Lipinski definition) is 1. The third kappa shape index (κ3) is 3.98. The standard InChI is InChI=1S/C13H20N2O3/c1-8(7-11(14-3)10-5-6-10)12(16)15-9(2)13(17)18-4/h7,9-10H,5-6H2,1-4H3,(H,15,16)/b8-7+,14-11?. The van der Waals surface area contributed by atoms with Gasteiger partial charge in [0.1, 0.15) is 6.04 Å². The average molecular weight is 252 g/mol. The van der Waals surface area contributed by atoms with E-state index in [4.69, 9.17) is 0 Å². The van der Waals surface area contributed by atoms with Crippen molar-refractivity contribution < 1.29 is 14.3 Å². The van der Waals surface area contributed by atoms with E-state index >= 15 is 0 Å². The number of esters is 1. The number of amides is 1. The Labute approximate surface area is 107 Å². The molecule has 0 saturated heterocycles. The summed E-state index contributed by atoms with van der Waals surface area (Å²) in [5.74, 6) is -0.229. The van der Waals surface area contributed by atoms with E-state index in [1.54, 1.807) is 27.0 Å². The molecule has 0 bridgehead atoms. The van der Waals surface area contributed by atoms with E-state index in [0.717, 1.165) is 18.6 Å². The number of carbonyl (C=O) groups excluding carboxylic acids is 2. The molecule has 0 aromatic carbocycles. The zero-order valence-corrected chi connectivity index (χ0v) is 11.3. The van der Waals surface area contributed by atoms with Crippen molar-refractivity contribution >= 4 is 17.6 Å². The first kappa shape index (κ1) is 14.4. The van der Waals surface area contributed by atoms with Gasteiger partial charge in [-0.1, -0.05) is 0 Å². The first-order valence-electron chi connectivity index (χ1n) is 6.03. The van der Waals surface area contributed by atoms with Crippen LogP contribution in [0.25, 0.3) is 0 Å². The first-order valence-corrected chi connectivity index (χ1v) is 6.03. The summed E-state index contributed by atoms with van der Waals surface area (Å²) in [7, 11) is 3.02. The van der Waals surface area contributed by atoms with E-state index in [0.29, 0.717) is 11.5 Å². The molecule has 1 amide bonds. The van der Waals surface area contributed by atoms with E-state index in [1.807, 2.05) is 0 Å². The minimum absolute atomic E-state index is 0.269. The Bertz CT molecular complexity index is 395. The van der Waals surface area contributed by atoms with Gasteiger partial charge < -0.3 is 10.1 Å². The van der Waals surface area contributed by atoms with Crippen LogP contribution in [-0.2, 0) is 14.3 Å². The Balaban J connectivity index is 2.60. The van der Waals surface area contributed by atoms with Crippen molar-refractivity contribution in [3.63, 3.8) is 0 Å². The largest absolute Gasteiger partial charge is 0.467 e. The van der Waals surface area contributed by atoms with Gasteiger partial charge in [0, 0.05) is 24.3 Å². The highest BCUT2D eigenvalue weighted by molar-refractivity contribution is 6.06. The highest BCUT2D eigenvalue weighted by Gasteiger charge is 2.26. The number of nitrogens with one attached hydrogen (secondary N) is 1. The number of methoxy groups -OCH3 is 1. The molecule has 0 aromatic rings. The second-order valence-electron chi connectivity index (χ2n) is 4.47. The second-order valence-corrected chi connectivity index (χ2v) is 4.47. The van der Waals surface area contributed by atoms with Crippen LogP contribution in [0.3, 0.4) is 0 Å².